The van der Waals surface area contributed by atoms with Crippen LogP contribution in [0.5, 0.6) is 0 Å². The molecule has 0 bridgehead atoms. The molecule has 0 aromatic heterocycles. The fourth-order valence-corrected chi connectivity index (χ4v) is 1.85. The largest absolute Gasteiger partial charge is 0.462 e. The molecule has 0 aliphatic heterocycles. The fourth-order valence-electron chi connectivity index (χ4n) is 1.85. The lowest BCUT2D eigenvalue weighted by Crippen LogP contribution is -2.22. The maximum atomic E-state index is 13.5. The molecule has 0 saturated heterocycles. The predicted octanol–water partition coefficient (Wildman–Crippen LogP) is 3.79. The van der Waals surface area contributed by atoms with Crippen LogP contribution in [0.2, 0.25) is 0 Å². The number of anilines is 2. The Morgan fingerprint density at radius 3 is 2.43 bits per heavy atom. The van der Waals surface area contributed by atoms with E-state index in [2.05, 4.69) is 10.6 Å². The molecule has 120 valence electrons. The average molecular weight is 320 g/mol. The van der Waals surface area contributed by atoms with Crippen LogP contribution in [0.1, 0.15) is 17.3 Å². The molecule has 0 aliphatic carbocycles. The number of ether oxygens (including phenoxy) is 1. The third-order valence-electron chi connectivity index (χ3n) is 2.85. The number of para-hydroxylation sites is 1. The lowest BCUT2D eigenvalue weighted by atomic mass is 10.2. The Kier molecular flexibility index (Phi) is 5.24. The molecule has 0 radical (unpaired) electrons. The second-order valence-electron chi connectivity index (χ2n) is 4.47. The van der Waals surface area contributed by atoms with Crippen LogP contribution >= 0.6 is 0 Å². The van der Waals surface area contributed by atoms with Crippen LogP contribution in [0.25, 0.3) is 0 Å². The molecule has 0 aliphatic rings. The van der Waals surface area contributed by atoms with Gasteiger partial charge in [-0.3, -0.25) is 0 Å². The molecule has 23 heavy (non-hydrogen) atoms. The van der Waals surface area contributed by atoms with E-state index in [4.69, 9.17) is 4.74 Å². The maximum Gasteiger partial charge on any atom is 0.340 e. The molecule has 0 saturated carbocycles. The summed E-state index contributed by atoms with van der Waals surface area (Å²) in [4.78, 5) is 23.7. The number of nitrogens with one attached hydrogen (secondary N) is 2. The van der Waals surface area contributed by atoms with E-state index in [-0.39, 0.29) is 23.5 Å². The average Bonchev–Trinajstić information content (AvgIpc) is 2.51. The Hall–Kier alpha value is -2.96. The van der Waals surface area contributed by atoms with Crippen molar-refractivity contribution in [3.05, 3.63) is 59.7 Å². The van der Waals surface area contributed by atoms with Gasteiger partial charge in [-0.05, 0) is 31.2 Å². The van der Waals surface area contributed by atoms with Gasteiger partial charge in [0.1, 0.15) is 11.6 Å². The van der Waals surface area contributed by atoms with Crippen LogP contribution in [0.15, 0.2) is 42.5 Å². The molecule has 0 atom stereocenters. The van der Waals surface area contributed by atoms with Crippen LogP contribution in [-0.2, 0) is 4.74 Å². The van der Waals surface area contributed by atoms with E-state index in [0.29, 0.717) is 6.07 Å². The van der Waals surface area contributed by atoms with Crippen molar-refractivity contribution in [3.8, 4) is 0 Å². The lowest BCUT2D eigenvalue weighted by Gasteiger charge is -2.11. The number of hydrogen-bond acceptors (Lipinski definition) is 3. The van der Waals surface area contributed by atoms with Gasteiger partial charge in [0.05, 0.1) is 23.5 Å². The van der Waals surface area contributed by atoms with Gasteiger partial charge in [0.25, 0.3) is 0 Å². The summed E-state index contributed by atoms with van der Waals surface area (Å²) in [6.07, 6.45) is 0. The van der Waals surface area contributed by atoms with Crippen molar-refractivity contribution in [3.63, 3.8) is 0 Å². The highest BCUT2D eigenvalue weighted by atomic mass is 19.1. The third kappa shape index (κ3) is 4.26. The molecule has 2 rings (SSSR count). The number of rotatable bonds is 4. The summed E-state index contributed by atoms with van der Waals surface area (Å²) in [5, 5.41) is 4.67. The standard InChI is InChI=1S/C16H14F2N2O3/c1-2-23-15(21)11-5-3-4-6-13(11)19-16(22)20-14-8-7-10(17)9-12(14)18/h3-9H,2H2,1H3,(H2,19,20,22). The minimum absolute atomic E-state index is 0.170. The first-order valence-electron chi connectivity index (χ1n) is 6.80. The van der Waals surface area contributed by atoms with Gasteiger partial charge in [-0.15, -0.1) is 0 Å². The predicted molar refractivity (Wildman–Crippen MR) is 81.4 cm³/mol. The Morgan fingerprint density at radius 2 is 1.74 bits per heavy atom. The Bertz CT molecular complexity index is 735. The van der Waals surface area contributed by atoms with Crippen LogP contribution < -0.4 is 10.6 Å². The van der Waals surface area contributed by atoms with E-state index < -0.39 is 23.6 Å². The van der Waals surface area contributed by atoms with Gasteiger partial charge in [-0.25, -0.2) is 18.4 Å². The normalized spacial score (nSPS) is 10.0. The number of hydrogen-bond donors (Lipinski definition) is 2. The zero-order valence-corrected chi connectivity index (χ0v) is 12.2. The van der Waals surface area contributed by atoms with Crippen LogP contribution in [0.4, 0.5) is 25.0 Å². The van der Waals surface area contributed by atoms with Crippen molar-refractivity contribution >= 4 is 23.4 Å². The molecule has 0 heterocycles. The lowest BCUT2D eigenvalue weighted by molar-refractivity contribution is 0.0527. The van der Waals surface area contributed by atoms with Crippen LogP contribution in [0, 0.1) is 11.6 Å². The molecule has 0 spiro atoms. The highest BCUT2D eigenvalue weighted by Crippen LogP contribution is 2.18. The molecule has 0 fully saturated rings. The Balaban J connectivity index is 2.13. The number of carbonyl (C=O) groups is 2. The van der Waals surface area contributed by atoms with E-state index >= 15 is 0 Å². The molecule has 2 aromatic rings. The number of carbonyl (C=O) groups excluding carboxylic acids is 2. The SMILES string of the molecule is CCOC(=O)c1ccccc1NC(=O)Nc1ccc(F)cc1F. The van der Waals surface area contributed by atoms with Crippen molar-refractivity contribution in [2.24, 2.45) is 0 Å². The smallest absolute Gasteiger partial charge is 0.340 e. The quantitative estimate of drug-likeness (QED) is 0.842. The van der Waals surface area contributed by atoms with E-state index in [0.717, 1.165) is 12.1 Å². The van der Waals surface area contributed by atoms with Gasteiger partial charge in [0.2, 0.25) is 0 Å². The maximum absolute atomic E-state index is 13.5. The fraction of sp³-hybridized carbons (Fsp3) is 0.125. The molecular weight excluding hydrogens is 306 g/mol. The number of amides is 2. The summed E-state index contributed by atoms with van der Waals surface area (Å²) >= 11 is 0. The zero-order valence-electron chi connectivity index (χ0n) is 12.2. The second-order valence-corrected chi connectivity index (χ2v) is 4.47. The first kappa shape index (κ1) is 16.4. The molecular formula is C16H14F2N2O3. The number of benzene rings is 2. The van der Waals surface area contributed by atoms with Crippen molar-refractivity contribution in [1.82, 2.24) is 0 Å². The minimum Gasteiger partial charge on any atom is -0.462 e. The van der Waals surface area contributed by atoms with Crippen molar-refractivity contribution < 1.29 is 23.1 Å². The molecule has 2 amide bonds. The molecule has 2 aromatic carbocycles. The first-order valence-corrected chi connectivity index (χ1v) is 6.80. The minimum atomic E-state index is -0.904. The van der Waals surface area contributed by atoms with Crippen molar-refractivity contribution in [2.75, 3.05) is 17.2 Å². The van der Waals surface area contributed by atoms with E-state index in [1.165, 1.54) is 12.1 Å². The molecule has 0 unspecified atom stereocenters. The van der Waals surface area contributed by atoms with Gasteiger partial charge in [0.15, 0.2) is 0 Å². The highest BCUT2D eigenvalue weighted by molar-refractivity contribution is 6.05. The Labute approximate surface area is 131 Å². The summed E-state index contributed by atoms with van der Waals surface area (Å²) in [6.45, 7) is 1.86. The van der Waals surface area contributed by atoms with Crippen molar-refractivity contribution in [1.29, 1.82) is 0 Å². The molecule has 5 nitrogen and oxygen atoms in total. The van der Waals surface area contributed by atoms with E-state index in [1.807, 2.05) is 0 Å². The summed E-state index contributed by atoms with van der Waals surface area (Å²) in [5.74, 6) is -2.24. The molecule has 2 N–H and O–H groups in total. The van der Waals surface area contributed by atoms with E-state index in [9.17, 15) is 18.4 Å². The second kappa shape index (κ2) is 7.35. The topological polar surface area (TPSA) is 67.4 Å². The van der Waals surface area contributed by atoms with Crippen LogP contribution in [-0.4, -0.2) is 18.6 Å². The third-order valence-corrected chi connectivity index (χ3v) is 2.85. The van der Waals surface area contributed by atoms with Gasteiger partial charge < -0.3 is 15.4 Å². The number of urea groups is 1. The number of esters is 1. The van der Waals surface area contributed by atoms with Gasteiger partial charge >= 0.3 is 12.0 Å². The first-order chi connectivity index (χ1) is 11.0. The monoisotopic (exact) mass is 320 g/mol. The van der Waals surface area contributed by atoms with Gasteiger partial charge in [-0.1, -0.05) is 12.1 Å². The Morgan fingerprint density at radius 1 is 1.04 bits per heavy atom. The highest BCUT2D eigenvalue weighted by Gasteiger charge is 2.14. The van der Waals surface area contributed by atoms with Crippen LogP contribution in [0.3, 0.4) is 0 Å². The van der Waals surface area contributed by atoms with Crippen molar-refractivity contribution in [2.45, 2.75) is 6.92 Å². The van der Waals surface area contributed by atoms with Gasteiger partial charge in [-0.2, -0.15) is 0 Å². The van der Waals surface area contributed by atoms with E-state index in [1.54, 1.807) is 19.1 Å². The molecule has 7 heteroatoms. The summed E-state index contributed by atoms with van der Waals surface area (Å²) in [7, 11) is 0. The summed E-state index contributed by atoms with van der Waals surface area (Å²) < 4.78 is 31.2. The summed E-state index contributed by atoms with van der Waals surface area (Å²) in [5.41, 5.74) is 0.201. The summed E-state index contributed by atoms with van der Waals surface area (Å²) in [6, 6.07) is 8.24. The zero-order chi connectivity index (χ0) is 16.8. The van der Waals surface area contributed by atoms with Gasteiger partial charge in [0, 0.05) is 6.07 Å². The number of halogens is 2.